The first-order valence-corrected chi connectivity index (χ1v) is 8.80. The van der Waals surface area contributed by atoms with Crippen molar-refractivity contribution in [2.45, 2.75) is 93.7 Å². The summed E-state index contributed by atoms with van der Waals surface area (Å²) < 4.78 is 0. The number of hydrogen-bond donors (Lipinski definition) is 0. The van der Waals surface area contributed by atoms with E-state index in [2.05, 4.69) is 104 Å². The van der Waals surface area contributed by atoms with Gasteiger partial charge >= 0.3 is 19.5 Å². The second-order valence-electron chi connectivity index (χ2n) is 8.48. The van der Waals surface area contributed by atoms with Gasteiger partial charge in [-0.25, -0.2) is 12.3 Å². The quantitative estimate of drug-likeness (QED) is 0.281. The summed E-state index contributed by atoms with van der Waals surface area (Å²) in [6.07, 6.45) is 0.282. The van der Waals surface area contributed by atoms with E-state index < -0.39 is 0 Å². The third-order valence-corrected chi connectivity index (χ3v) is 2.92. The predicted molar refractivity (Wildman–Crippen MR) is 116 cm³/mol. The summed E-state index contributed by atoms with van der Waals surface area (Å²) in [5, 5.41) is 17.5. The zero-order valence-corrected chi connectivity index (χ0v) is 21.2. The van der Waals surface area contributed by atoms with Gasteiger partial charge in [0.05, 0.1) is 0 Å². The van der Waals surface area contributed by atoms with E-state index in [1.165, 1.54) is 0 Å². The van der Waals surface area contributed by atoms with Crippen LogP contribution in [-0.4, -0.2) is 52.1 Å². The summed E-state index contributed by atoms with van der Waals surface area (Å²) in [7, 11) is 3.67. The molecule has 0 bridgehead atoms. The molecule has 0 aliphatic heterocycles. The maximum absolute atomic E-state index is 7.75. The average Bonchev–Trinajstić information content (AvgIpc) is 2.52. The fraction of sp³-hybridized carbons (Fsp3) is 0.900. The van der Waals surface area contributed by atoms with Gasteiger partial charge in [0.25, 0.3) is 0 Å². The second kappa shape index (κ2) is 20.5. The minimum Gasteiger partial charge on any atom is -0.680 e. The van der Waals surface area contributed by atoms with Gasteiger partial charge in [0, 0.05) is 0 Å². The van der Waals surface area contributed by atoms with E-state index in [4.69, 9.17) is 9.59 Å². The fourth-order valence-electron chi connectivity index (χ4n) is 1.92. The Labute approximate surface area is 182 Å². The smallest absolute Gasteiger partial charge is 0.680 e. The van der Waals surface area contributed by atoms with Gasteiger partial charge in [-0.1, -0.05) is 80.1 Å². The molecule has 0 saturated heterocycles. The summed E-state index contributed by atoms with van der Waals surface area (Å²) >= 11 is 0. The molecule has 0 aromatic rings. The molecule has 7 heteroatoms. The maximum atomic E-state index is 7.75. The zero-order chi connectivity index (χ0) is 22.1. The van der Waals surface area contributed by atoms with Crippen molar-refractivity contribution < 1.29 is 29.1 Å². The van der Waals surface area contributed by atoms with Crippen molar-refractivity contribution in [1.82, 2.24) is 0 Å². The Morgan fingerprint density at radius 3 is 0.815 bits per heavy atom. The van der Waals surface area contributed by atoms with Gasteiger partial charge < -0.3 is 30.9 Å². The number of carbonyl (C=O) groups excluding carboxylic acids is 2. The van der Waals surface area contributed by atoms with Gasteiger partial charge in [-0.3, -0.25) is 13.6 Å². The average molecular weight is 472 g/mol. The molecule has 0 saturated carbocycles. The third kappa shape index (κ3) is 25.8. The van der Waals surface area contributed by atoms with Gasteiger partial charge in [-0.15, -0.1) is 12.1 Å². The molecule has 2 unspecified atom stereocenters. The first-order chi connectivity index (χ1) is 11.8. The fourth-order valence-corrected chi connectivity index (χ4v) is 1.92. The molecule has 0 amide bonds. The summed E-state index contributed by atoms with van der Waals surface area (Å²) in [4.78, 5) is 15.5. The van der Waals surface area contributed by atoms with E-state index in [1.54, 1.807) is 0 Å². The Bertz CT molecular complexity index is 273. The third-order valence-electron chi connectivity index (χ3n) is 2.92. The molecule has 0 fully saturated rings. The molecular weight excluding hydrogens is 429 g/mol. The van der Waals surface area contributed by atoms with Gasteiger partial charge in [0.15, 0.2) is 0 Å². The van der Waals surface area contributed by atoms with Crippen LogP contribution in [0.25, 0.3) is 21.3 Å². The van der Waals surface area contributed by atoms with E-state index in [0.717, 1.165) is 0 Å². The number of rotatable bonds is 6. The van der Waals surface area contributed by atoms with E-state index in [-0.39, 0.29) is 42.6 Å². The Hall–Kier alpha value is -0.197. The molecule has 6 nitrogen and oxygen atoms in total. The van der Waals surface area contributed by atoms with Crippen LogP contribution in [0, 0.1) is 10.8 Å². The number of hydrogen-bond acceptors (Lipinski definition) is 2. The molecule has 0 radical (unpaired) electrons. The Balaban J connectivity index is -0.0000000975. The van der Waals surface area contributed by atoms with Crippen molar-refractivity contribution >= 4 is 13.6 Å². The Kier molecular flexibility index (Phi) is 28.6. The molecule has 0 spiro atoms. The molecule has 0 aromatic carbocycles. The minimum atomic E-state index is 0. The molecule has 0 rings (SSSR count). The van der Waals surface area contributed by atoms with Crippen LogP contribution in [0.1, 0.15) is 69.2 Å². The molecule has 27 heavy (non-hydrogen) atoms. The van der Waals surface area contributed by atoms with Crippen LogP contribution in [0.3, 0.4) is 0 Å². The molecule has 0 N–H and O–H groups in total. The van der Waals surface area contributed by atoms with Crippen molar-refractivity contribution in [2.24, 2.45) is 10.8 Å². The van der Waals surface area contributed by atoms with Gasteiger partial charge in [0.2, 0.25) is 0 Å². The van der Waals surface area contributed by atoms with Crippen molar-refractivity contribution in [3.63, 3.8) is 0 Å². The zero-order valence-electron chi connectivity index (χ0n) is 19.4. The maximum Gasteiger partial charge on any atom is 6.00 e. The summed E-state index contributed by atoms with van der Waals surface area (Å²) in [5.74, 6) is 0. The van der Waals surface area contributed by atoms with Gasteiger partial charge in [0.1, 0.15) is 0 Å². The summed E-state index contributed by atoms with van der Waals surface area (Å²) in [6.45, 7) is 27.8. The van der Waals surface area contributed by atoms with E-state index in [1.807, 2.05) is 14.1 Å². The minimum absolute atomic E-state index is 0. The normalized spacial score (nSPS) is 13.0. The van der Waals surface area contributed by atoms with E-state index in [9.17, 15) is 0 Å². The SMILES string of the molecule is C[N-]C([N-]C(C)C)C(C)(C)C.C[N-]C([N-]C(C)C)C(C)(C)C.[CH-]=O.[CH-]=O.[Ru+6]. The monoisotopic (exact) mass is 472 g/mol. The molecule has 2 atom stereocenters. The van der Waals surface area contributed by atoms with Gasteiger partial charge in [-0.2, -0.15) is 14.1 Å². The van der Waals surface area contributed by atoms with Crippen LogP contribution in [0.4, 0.5) is 0 Å². The van der Waals surface area contributed by atoms with Crippen molar-refractivity contribution in [2.75, 3.05) is 14.1 Å². The number of nitrogens with zero attached hydrogens (tertiary/aromatic N) is 4. The van der Waals surface area contributed by atoms with Crippen LogP contribution in [-0.2, 0) is 29.1 Å². The first kappa shape index (κ1) is 37.5. The predicted octanol–water partition coefficient (Wildman–Crippen LogP) is 5.74. The van der Waals surface area contributed by atoms with E-state index >= 15 is 0 Å². The molecular formula is C20H42N4O2Ru. The molecule has 0 heterocycles. The van der Waals surface area contributed by atoms with Crippen molar-refractivity contribution in [3.8, 4) is 0 Å². The van der Waals surface area contributed by atoms with Crippen molar-refractivity contribution in [1.29, 1.82) is 0 Å². The molecule has 0 aromatic heterocycles. The Morgan fingerprint density at radius 1 is 0.593 bits per heavy atom. The second-order valence-corrected chi connectivity index (χ2v) is 8.48. The van der Waals surface area contributed by atoms with Crippen LogP contribution < -0.4 is 0 Å². The largest absolute Gasteiger partial charge is 6.00 e. The van der Waals surface area contributed by atoms with E-state index in [0.29, 0.717) is 12.1 Å². The first-order valence-electron chi connectivity index (χ1n) is 8.80. The van der Waals surface area contributed by atoms with Crippen LogP contribution >= 0.6 is 0 Å². The van der Waals surface area contributed by atoms with Crippen LogP contribution in [0.5, 0.6) is 0 Å². The van der Waals surface area contributed by atoms with Crippen LogP contribution in [0.2, 0.25) is 0 Å². The van der Waals surface area contributed by atoms with Gasteiger partial charge in [-0.05, 0) is 0 Å². The summed E-state index contributed by atoms with van der Waals surface area (Å²) in [5.41, 5.74) is 0.331. The molecule has 162 valence electrons. The molecule has 0 aliphatic carbocycles. The Morgan fingerprint density at radius 2 is 0.778 bits per heavy atom. The van der Waals surface area contributed by atoms with Crippen molar-refractivity contribution in [3.05, 3.63) is 21.3 Å². The van der Waals surface area contributed by atoms with Crippen LogP contribution in [0.15, 0.2) is 0 Å². The molecule has 0 aliphatic rings. The topological polar surface area (TPSA) is 90.5 Å². The standard InChI is InChI=1S/2C9H20N2.2CHO.Ru/c2*1-7(2)11-8(10-6)9(3,4)5;2*1-2;/h2*7-8H,1-6H3;2*1H;/q2*-2;2*-1;+6. The summed E-state index contributed by atoms with van der Waals surface area (Å²) in [6, 6.07) is 0.755.